The van der Waals surface area contributed by atoms with Crippen LogP contribution in [0.5, 0.6) is 0 Å². The molecule has 0 heterocycles. The first kappa shape index (κ1) is 19.0. The first-order valence-electron chi connectivity index (χ1n) is 7.53. The molecule has 3 N–H and O–H groups in total. The number of sulfonamides is 1. The summed E-state index contributed by atoms with van der Waals surface area (Å²) in [5.41, 5.74) is 0.932. The fourth-order valence-corrected chi connectivity index (χ4v) is 3.38. The van der Waals surface area contributed by atoms with Crippen molar-refractivity contribution >= 4 is 21.6 Å². The van der Waals surface area contributed by atoms with Crippen LogP contribution in [0.1, 0.15) is 22.8 Å². The van der Waals surface area contributed by atoms with Gasteiger partial charge in [0.25, 0.3) is 5.91 Å². The minimum Gasteiger partial charge on any atom is -0.395 e. The maximum absolute atomic E-state index is 13.3. The fraction of sp³-hybridized carbons (Fsp3) is 0.235. The van der Waals surface area contributed by atoms with E-state index in [9.17, 15) is 17.6 Å². The third-order valence-electron chi connectivity index (χ3n) is 3.45. The number of benzene rings is 2. The van der Waals surface area contributed by atoms with Gasteiger partial charge in [0.15, 0.2) is 0 Å². The Balaban J connectivity index is 2.22. The molecular formula is C17H19FN2O4S. The lowest BCUT2D eigenvalue weighted by atomic mass is 10.2. The second-order valence-corrected chi connectivity index (χ2v) is 7.36. The number of aliphatic hydroxyl groups is 1. The number of carbonyl (C=O) groups is 1. The Labute approximate surface area is 145 Å². The lowest BCUT2D eigenvalue weighted by Crippen LogP contribution is -2.35. The molecule has 0 saturated carbocycles. The predicted octanol–water partition coefficient (Wildman–Crippen LogP) is 2.05. The Bertz CT molecular complexity index is 884. The van der Waals surface area contributed by atoms with Crippen LogP contribution in [-0.2, 0) is 10.0 Å². The highest BCUT2D eigenvalue weighted by Gasteiger charge is 2.18. The molecule has 0 saturated heterocycles. The number of amides is 1. The van der Waals surface area contributed by atoms with E-state index >= 15 is 0 Å². The molecule has 1 amide bonds. The van der Waals surface area contributed by atoms with Crippen molar-refractivity contribution < 1.29 is 22.7 Å². The molecule has 134 valence electrons. The quantitative estimate of drug-likeness (QED) is 0.729. The van der Waals surface area contributed by atoms with Crippen molar-refractivity contribution in [3.05, 3.63) is 59.4 Å². The van der Waals surface area contributed by atoms with E-state index in [-0.39, 0.29) is 22.9 Å². The SMILES string of the molecule is Cc1cc(NC(=O)c2cccc(S(=O)(=O)N[C@H](C)CO)c2)ccc1F. The summed E-state index contributed by atoms with van der Waals surface area (Å²) in [5.74, 6) is -0.895. The van der Waals surface area contributed by atoms with Gasteiger partial charge < -0.3 is 10.4 Å². The van der Waals surface area contributed by atoms with E-state index in [1.165, 1.54) is 49.4 Å². The topological polar surface area (TPSA) is 95.5 Å². The van der Waals surface area contributed by atoms with Crippen molar-refractivity contribution in [1.29, 1.82) is 0 Å². The highest BCUT2D eigenvalue weighted by Crippen LogP contribution is 2.17. The van der Waals surface area contributed by atoms with Gasteiger partial charge in [-0.25, -0.2) is 17.5 Å². The zero-order valence-electron chi connectivity index (χ0n) is 13.8. The molecule has 0 fully saturated rings. The van der Waals surface area contributed by atoms with E-state index in [1.807, 2.05) is 0 Å². The van der Waals surface area contributed by atoms with Crippen molar-refractivity contribution in [3.8, 4) is 0 Å². The van der Waals surface area contributed by atoms with Gasteiger partial charge in [0.2, 0.25) is 10.0 Å². The average molecular weight is 366 g/mol. The Morgan fingerprint density at radius 1 is 1.24 bits per heavy atom. The number of halogens is 1. The lowest BCUT2D eigenvalue weighted by molar-refractivity contribution is 0.102. The molecule has 0 aliphatic heterocycles. The molecule has 0 unspecified atom stereocenters. The third-order valence-corrected chi connectivity index (χ3v) is 5.04. The minimum atomic E-state index is -3.85. The zero-order chi connectivity index (χ0) is 18.6. The maximum Gasteiger partial charge on any atom is 0.255 e. The van der Waals surface area contributed by atoms with Crippen molar-refractivity contribution in [1.82, 2.24) is 4.72 Å². The van der Waals surface area contributed by atoms with Crippen LogP contribution in [-0.4, -0.2) is 32.1 Å². The summed E-state index contributed by atoms with van der Waals surface area (Å²) in [4.78, 5) is 12.2. The largest absolute Gasteiger partial charge is 0.395 e. The number of rotatable bonds is 6. The van der Waals surface area contributed by atoms with Crippen LogP contribution in [0.15, 0.2) is 47.4 Å². The van der Waals surface area contributed by atoms with Crippen LogP contribution in [0, 0.1) is 12.7 Å². The van der Waals surface area contributed by atoms with Crippen LogP contribution in [0.4, 0.5) is 10.1 Å². The Kier molecular flexibility index (Phi) is 5.89. The van der Waals surface area contributed by atoms with Gasteiger partial charge in [-0.3, -0.25) is 4.79 Å². The van der Waals surface area contributed by atoms with Crippen LogP contribution in [0.3, 0.4) is 0 Å². The second-order valence-electron chi connectivity index (χ2n) is 5.65. The summed E-state index contributed by atoms with van der Waals surface area (Å²) in [7, 11) is -3.85. The van der Waals surface area contributed by atoms with Gasteiger partial charge in [-0.05, 0) is 55.8 Å². The molecule has 2 aromatic carbocycles. The summed E-state index contributed by atoms with van der Waals surface area (Å²) in [6.07, 6.45) is 0. The molecule has 0 radical (unpaired) electrons. The molecule has 8 heteroatoms. The summed E-state index contributed by atoms with van der Waals surface area (Å²) >= 11 is 0. The van der Waals surface area contributed by atoms with Gasteiger partial charge >= 0.3 is 0 Å². The molecule has 2 rings (SSSR count). The number of aliphatic hydroxyl groups excluding tert-OH is 1. The van der Waals surface area contributed by atoms with Gasteiger partial charge in [0.05, 0.1) is 11.5 Å². The van der Waals surface area contributed by atoms with E-state index in [0.29, 0.717) is 11.3 Å². The Morgan fingerprint density at radius 3 is 2.60 bits per heavy atom. The monoisotopic (exact) mass is 366 g/mol. The zero-order valence-corrected chi connectivity index (χ0v) is 14.6. The highest BCUT2D eigenvalue weighted by molar-refractivity contribution is 7.89. The number of aryl methyl sites for hydroxylation is 1. The molecule has 0 aliphatic rings. The normalized spacial score (nSPS) is 12.6. The van der Waals surface area contributed by atoms with E-state index in [1.54, 1.807) is 6.92 Å². The lowest BCUT2D eigenvalue weighted by Gasteiger charge is -2.12. The van der Waals surface area contributed by atoms with E-state index < -0.39 is 22.0 Å². The van der Waals surface area contributed by atoms with Crippen LogP contribution in [0.2, 0.25) is 0 Å². The van der Waals surface area contributed by atoms with Crippen molar-refractivity contribution in [2.45, 2.75) is 24.8 Å². The number of carbonyl (C=O) groups excluding carboxylic acids is 1. The summed E-state index contributed by atoms with van der Waals surface area (Å²) in [5, 5.41) is 11.6. The number of hydrogen-bond donors (Lipinski definition) is 3. The molecule has 0 bridgehead atoms. The van der Waals surface area contributed by atoms with Gasteiger partial charge in [-0.2, -0.15) is 0 Å². The van der Waals surface area contributed by atoms with E-state index in [2.05, 4.69) is 10.0 Å². The molecule has 6 nitrogen and oxygen atoms in total. The van der Waals surface area contributed by atoms with Gasteiger partial charge in [0, 0.05) is 17.3 Å². The van der Waals surface area contributed by atoms with E-state index in [0.717, 1.165) is 0 Å². The molecule has 0 aromatic heterocycles. The molecule has 0 spiro atoms. The molecular weight excluding hydrogens is 347 g/mol. The van der Waals surface area contributed by atoms with E-state index in [4.69, 9.17) is 5.11 Å². The molecule has 25 heavy (non-hydrogen) atoms. The highest BCUT2D eigenvalue weighted by atomic mass is 32.2. The summed E-state index contributed by atoms with van der Waals surface area (Å²) < 4.78 is 40.0. The Morgan fingerprint density at radius 2 is 1.96 bits per heavy atom. The molecule has 0 aliphatic carbocycles. The smallest absolute Gasteiger partial charge is 0.255 e. The predicted molar refractivity (Wildman–Crippen MR) is 92.4 cm³/mol. The maximum atomic E-state index is 13.3. The minimum absolute atomic E-state index is 0.0873. The van der Waals surface area contributed by atoms with Gasteiger partial charge in [0.1, 0.15) is 5.82 Å². The molecule has 2 aromatic rings. The van der Waals surface area contributed by atoms with Crippen molar-refractivity contribution in [2.24, 2.45) is 0 Å². The standard InChI is InChI=1S/C17H19FN2O4S/c1-11-8-14(6-7-16(11)18)19-17(22)13-4-3-5-15(9-13)25(23,24)20-12(2)10-21/h3-9,12,20-21H,10H2,1-2H3,(H,19,22)/t12-/m1/s1. The van der Waals surface area contributed by atoms with Crippen LogP contribution < -0.4 is 10.0 Å². The first-order valence-corrected chi connectivity index (χ1v) is 9.02. The number of nitrogens with one attached hydrogen (secondary N) is 2. The van der Waals surface area contributed by atoms with Gasteiger partial charge in [-0.15, -0.1) is 0 Å². The fourth-order valence-electron chi connectivity index (χ4n) is 2.10. The number of anilines is 1. The third kappa shape index (κ3) is 4.85. The first-order chi connectivity index (χ1) is 11.7. The average Bonchev–Trinajstić information content (AvgIpc) is 2.57. The number of hydrogen-bond acceptors (Lipinski definition) is 4. The van der Waals surface area contributed by atoms with Crippen molar-refractivity contribution in [2.75, 3.05) is 11.9 Å². The summed E-state index contributed by atoms with van der Waals surface area (Å²) in [6.45, 7) is 2.75. The van der Waals surface area contributed by atoms with Crippen molar-refractivity contribution in [3.63, 3.8) is 0 Å². The van der Waals surface area contributed by atoms with Crippen LogP contribution in [0.25, 0.3) is 0 Å². The Hall–Kier alpha value is -2.29. The summed E-state index contributed by atoms with van der Waals surface area (Å²) in [6, 6.07) is 9.01. The van der Waals surface area contributed by atoms with Crippen LogP contribution >= 0.6 is 0 Å². The van der Waals surface area contributed by atoms with Gasteiger partial charge in [-0.1, -0.05) is 6.07 Å². The second kappa shape index (κ2) is 7.73. The molecule has 1 atom stereocenters.